The van der Waals surface area contributed by atoms with Crippen LogP contribution in [0.2, 0.25) is 0 Å². The second-order valence-electron chi connectivity index (χ2n) is 5.59. The number of hydrogen-bond donors (Lipinski definition) is 1. The SMILES string of the molecule is Cc1nc(NC(=O)CN2CCCC2Cn2cncn2)sc1C. The number of thiazole rings is 1. The van der Waals surface area contributed by atoms with E-state index in [9.17, 15) is 4.79 Å². The van der Waals surface area contributed by atoms with Crippen LogP contribution in [0.3, 0.4) is 0 Å². The summed E-state index contributed by atoms with van der Waals surface area (Å²) >= 11 is 1.52. The maximum atomic E-state index is 12.2. The van der Waals surface area contributed by atoms with Crippen LogP contribution in [0.5, 0.6) is 0 Å². The van der Waals surface area contributed by atoms with E-state index in [2.05, 4.69) is 25.3 Å². The van der Waals surface area contributed by atoms with Gasteiger partial charge in [-0.15, -0.1) is 11.3 Å². The standard InChI is InChI=1S/C14H20N6OS/c1-10-11(2)22-14(17-10)18-13(21)7-19-5-3-4-12(19)6-20-9-15-8-16-20/h8-9,12H,3-7H2,1-2H3,(H,17,18,21). The molecule has 7 nitrogen and oxygen atoms in total. The van der Waals surface area contributed by atoms with Crippen molar-refractivity contribution in [3.63, 3.8) is 0 Å². The molecule has 3 rings (SSSR count). The maximum absolute atomic E-state index is 12.2. The second kappa shape index (κ2) is 6.53. The normalized spacial score (nSPS) is 18.7. The van der Waals surface area contributed by atoms with E-state index in [0.717, 1.165) is 36.5 Å². The monoisotopic (exact) mass is 320 g/mol. The summed E-state index contributed by atoms with van der Waals surface area (Å²) in [4.78, 5) is 23.9. The summed E-state index contributed by atoms with van der Waals surface area (Å²) in [6.07, 6.45) is 5.46. The number of aryl methyl sites for hydroxylation is 2. The smallest absolute Gasteiger partial charge is 0.240 e. The number of nitrogens with zero attached hydrogens (tertiary/aromatic N) is 5. The molecule has 118 valence electrons. The lowest BCUT2D eigenvalue weighted by molar-refractivity contribution is -0.117. The summed E-state index contributed by atoms with van der Waals surface area (Å²) in [7, 11) is 0. The van der Waals surface area contributed by atoms with Crippen molar-refractivity contribution < 1.29 is 4.79 Å². The molecule has 0 radical (unpaired) electrons. The molecule has 1 unspecified atom stereocenters. The van der Waals surface area contributed by atoms with E-state index in [1.54, 1.807) is 12.7 Å². The predicted octanol–water partition coefficient (Wildman–Crippen LogP) is 1.45. The van der Waals surface area contributed by atoms with Gasteiger partial charge < -0.3 is 5.32 Å². The molecule has 3 heterocycles. The maximum Gasteiger partial charge on any atom is 0.240 e. The molecule has 0 spiro atoms. The third-order valence-electron chi connectivity index (χ3n) is 3.99. The number of rotatable bonds is 5. The van der Waals surface area contributed by atoms with Gasteiger partial charge in [-0.25, -0.2) is 9.97 Å². The Balaban J connectivity index is 1.55. The molecule has 8 heteroatoms. The van der Waals surface area contributed by atoms with Crippen molar-refractivity contribution in [3.8, 4) is 0 Å². The lowest BCUT2D eigenvalue weighted by atomic mass is 10.2. The first kappa shape index (κ1) is 15.1. The summed E-state index contributed by atoms with van der Waals surface area (Å²) in [5.74, 6) is -0.000703. The van der Waals surface area contributed by atoms with Gasteiger partial charge in [-0.05, 0) is 33.2 Å². The lowest BCUT2D eigenvalue weighted by Crippen LogP contribution is -2.39. The molecule has 0 saturated carbocycles. The van der Waals surface area contributed by atoms with Gasteiger partial charge in [0.2, 0.25) is 5.91 Å². The third-order valence-corrected chi connectivity index (χ3v) is 4.97. The van der Waals surface area contributed by atoms with Crippen LogP contribution in [-0.2, 0) is 11.3 Å². The van der Waals surface area contributed by atoms with E-state index in [0.29, 0.717) is 17.7 Å². The van der Waals surface area contributed by atoms with Crippen LogP contribution in [0.1, 0.15) is 23.4 Å². The van der Waals surface area contributed by atoms with E-state index in [4.69, 9.17) is 0 Å². The minimum absolute atomic E-state index is 0.000703. The van der Waals surface area contributed by atoms with Crippen molar-refractivity contribution in [3.05, 3.63) is 23.2 Å². The van der Waals surface area contributed by atoms with Gasteiger partial charge in [0.05, 0.1) is 18.8 Å². The van der Waals surface area contributed by atoms with Gasteiger partial charge >= 0.3 is 0 Å². The molecular weight excluding hydrogens is 300 g/mol. The summed E-state index contributed by atoms with van der Waals surface area (Å²) in [5, 5.41) is 7.73. The molecule has 1 atom stereocenters. The first-order valence-corrected chi connectivity index (χ1v) is 8.24. The molecular formula is C14H20N6OS. The quantitative estimate of drug-likeness (QED) is 0.902. The van der Waals surface area contributed by atoms with E-state index < -0.39 is 0 Å². The largest absolute Gasteiger partial charge is 0.301 e. The van der Waals surface area contributed by atoms with Gasteiger partial charge in [0, 0.05) is 10.9 Å². The van der Waals surface area contributed by atoms with Gasteiger partial charge in [-0.2, -0.15) is 5.10 Å². The lowest BCUT2D eigenvalue weighted by Gasteiger charge is -2.23. The summed E-state index contributed by atoms with van der Waals surface area (Å²) in [6, 6.07) is 0.340. The Hall–Kier alpha value is -1.80. The fraction of sp³-hybridized carbons (Fsp3) is 0.571. The third kappa shape index (κ3) is 3.50. The molecule has 1 N–H and O–H groups in total. The average Bonchev–Trinajstić information content (AvgIpc) is 3.17. The van der Waals surface area contributed by atoms with Gasteiger partial charge in [0.25, 0.3) is 0 Å². The Morgan fingerprint density at radius 1 is 1.50 bits per heavy atom. The Morgan fingerprint density at radius 2 is 2.36 bits per heavy atom. The minimum atomic E-state index is -0.000703. The Kier molecular flexibility index (Phi) is 4.49. The number of carbonyl (C=O) groups is 1. The fourth-order valence-electron chi connectivity index (χ4n) is 2.72. The van der Waals surface area contributed by atoms with Crippen molar-refractivity contribution >= 4 is 22.4 Å². The highest BCUT2D eigenvalue weighted by molar-refractivity contribution is 7.15. The predicted molar refractivity (Wildman–Crippen MR) is 84.8 cm³/mol. The van der Waals surface area contributed by atoms with Crippen LogP contribution in [0.15, 0.2) is 12.7 Å². The minimum Gasteiger partial charge on any atom is -0.301 e. The molecule has 1 aliphatic rings. The topological polar surface area (TPSA) is 75.9 Å². The van der Waals surface area contributed by atoms with Gasteiger partial charge in [0.1, 0.15) is 12.7 Å². The molecule has 1 amide bonds. The molecule has 0 aliphatic carbocycles. The van der Waals surface area contributed by atoms with Gasteiger partial charge in [0.15, 0.2) is 5.13 Å². The van der Waals surface area contributed by atoms with Crippen molar-refractivity contribution in [2.45, 2.75) is 39.3 Å². The Morgan fingerprint density at radius 3 is 3.05 bits per heavy atom. The van der Waals surface area contributed by atoms with Gasteiger partial charge in [-0.1, -0.05) is 0 Å². The molecule has 1 saturated heterocycles. The summed E-state index contributed by atoms with van der Waals surface area (Å²) < 4.78 is 1.83. The molecule has 2 aromatic heterocycles. The number of carbonyl (C=O) groups excluding carboxylic acids is 1. The van der Waals surface area contributed by atoms with Crippen molar-refractivity contribution in [2.75, 3.05) is 18.4 Å². The van der Waals surface area contributed by atoms with E-state index in [-0.39, 0.29) is 5.91 Å². The summed E-state index contributed by atoms with van der Waals surface area (Å²) in [6.45, 7) is 6.09. The molecule has 0 bridgehead atoms. The van der Waals surface area contributed by atoms with Crippen LogP contribution < -0.4 is 5.32 Å². The highest BCUT2D eigenvalue weighted by Gasteiger charge is 2.27. The zero-order valence-electron chi connectivity index (χ0n) is 12.8. The molecule has 1 aliphatic heterocycles. The molecule has 1 fully saturated rings. The highest BCUT2D eigenvalue weighted by Crippen LogP contribution is 2.22. The fourth-order valence-corrected chi connectivity index (χ4v) is 3.55. The zero-order valence-corrected chi connectivity index (χ0v) is 13.6. The van der Waals surface area contributed by atoms with Crippen molar-refractivity contribution in [2.24, 2.45) is 0 Å². The van der Waals surface area contributed by atoms with E-state index >= 15 is 0 Å². The van der Waals surface area contributed by atoms with Crippen LogP contribution in [0.25, 0.3) is 0 Å². The molecule has 2 aromatic rings. The van der Waals surface area contributed by atoms with Crippen LogP contribution >= 0.6 is 11.3 Å². The zero-order chi connectivity index (χ0) is 15.5. The van der Waals surface area contributed by atoms with E-state index in [1.165, 1.54) is 11.3 Å². The van der Waals surface area contributed by atoms with E-state index in [1.807, 2.05) is 18.5 Å². The van der Waals surface area contributed by atoms with Crippen LogP contribution in [0.4, 0.5) is 5.13 Å². The van der Waals surface area contributed by atoms with Gasteiger partial charge in [-0.3, -0.25) is 14.4 Å². The Bertz CT molecular complexity index is 618. The first-order valence-electron chi connectivity index (χ1n) is 7.42. The van der Waals surface area contributed by atoms with Crippen LogP contribution in [-0.4, -0.2) is 49.7 Å². The second-order valence-corrected chi connectivity index (χ2v) is 6.80. The summed E-state index contributed by atoms with van der Waals surface area (Å²) in [5.41, 5.74) is 0.977. The molecule has 22 heavy (non-hydrogen) atoms. The van der Waals surface area contributed by atoms with Crippen LogP contribution in [0, 0.1) is 13.8 Å². The average molecular weight is 320 g/mol. The number of likely N-dealkylation sites (tertiary alicyclic amines) is 1. The number of anilines is 1. The molecule has 0 aromatic carbocycles. The first-order chi connectivity index (χ1) is 10.6. The number of aromatic nitrogens is 4. The van der Waals surface area contributed by atoms with Crippen molar-refractivity contribution in [1.82, 2.24) is 24.6 Å². The number of nitrogens with one attached hydrogen (secondary N) is 1. The number of hydrogen-bond acceptors (Lipinski definition) is 6. The number of amides is 1. The van der Waals surface area contributed by atoms with Crippen molar-refractivity contribution in [1.29, 1.82) is 0 Å². The highest BCUT2D eigenvalue weighted by atomic mass is 32.1. The Labute approximate surface area is 133 Å².